The van der Waals surface area contributed by atoms with E-state index in [4.69, 9.17) is 4.42 Å². The minimum Gasteiger partial charge on any atom is -0.466 e. The Bertz CT molecular complexity index is 506. The van der Waals surface area contributed by atoms with Crippen LogP contribution in [-0.2, 0) is 4.79 Å². The molecule has 6 heteroatoms. The van der Waals surface area contributed by atoms with Crippen molar-refractivity contribution in [2.45, 2.75) is 45.7 Å². The van der Waals surface area contributed by atoms with Gasteiger partial charge in [-0.15, -0.1) is 0 Å². The zero-order valence-corrected chi connectivity index (χ0v) is 12.1. The molecule has 0 saturated heterocycles. The second kappa shape index (κ2) is 5.98. The number of furan rings is 1. The number of urea groups is 1. The third kappa shape index (κ3) is 4.01. The molecule has 0 spiro atoms. The molecule has 1 aliphatic rings. The Morgan fingerprint density at radius 1 is 1.40 bits per heavy atom. The van der Waals surface area contributed by atoms with Crippen LogP contribution in [0.25, 0.3) is 0 Å². The van der Waals surface area contributed by atoms with Crippen LogP contribution in [0, 0.1) is 13.8 Å². The minimum atomic E-state index is -0.360. The van der Waals surface area contributed by atoms with E-state index in [1.165, 1.54) is 0 Å². The van der Waals surface area contributed by atoms with E-state index in [0.29, 0.717) is 6.04 Å². The lowest BCUT2D eigenvalue weighted by atomic mass is 10.1. The summed E-state index contributed by atoms with van der Waals surface area (Å²) in [5.74, 6) is 1.46. The summed E-state index contributed by atoms with van der Waals surface area (Å²) < 4.78 is 5.43. The summed E-state index contributed by atoms with van der Waals surface area (Å²) in [6.07, 6.45) is 2.07. The van der Waals surface area contributed by atoms with Crippen LogP contribution in [0.3, 0.4) is 0 Å². The predicted molar refractivity (Wildman–Crippen MR) is 74.3 cm³/mol. The number of carbonyl (C=O) groups excluding carboxylic acids is 2. The van der Waals surface area contributed by atoms with Gasteiger partial charge in [0.05, 0.1) is 12.6 Å². The molecule has 1 aromatic rings. The average Bonchev–Trinajstić information content (AvgIpc) is 3.10. The molecule has 6 nitrogen and oxygen atoms in total. The lowest BCUT2D eigenvalue weighted by Crippen LogP contribution is -2.43. The van der Waals surface area contributed by atoms with Crippen LogP contribution in [0.2, 0.25) is 0 Å². The van der Waals surface area contributed by atoms with Crippen molar-refractivity contribution in [2.75, 3.05) is 6.54 Å². The number of amides is 3. The maximum absolute atomic E-state index is 11.7. The summed E-state index contributed by atoms with van der Waals surface area (Å²) >= 11 is 0. The molecule has 1 atom stereocenters. The first-order valence-electron chi connectivity index (χ1n) is 6.86. The molecule has 3 N–H and O–H groups in total. The molecule has 1 saturated carbocycles. The summed E-state index contributed by atoms with van der Waals surface area (Å²) in [6, 6.07) is 1.68. The lowest BCUT2D eigenvalue weighted by Gasteiger charge is -2.14. The van der Waals surface area contributed by atoms with Gasteiger partial charge in [-0.3, -0.25) is 4.79 Å². The van der Waals surface area contributed by atoms with Gasteiger partial charge >= 0.3 is 6.03 Å². The summed E-state index contributed by atoms with van der Waals surface area (Å²) in [5, 5.41) is 8.14. The molecule has 1 aliphatic carbocycles. The minimum absolute atomic E-state index is 0.00154. The second-order valence-electron chi connectivity index (χ2n) is 5.26. The number of nitrogens with one attached hydrogen (secondary N) is 3. The highest BCUT2D eigenvalue weighted by molar-refractivity contribution is 5.84. The quantitative estimate of drug-likeness (QED) is 0.764. The number of carbonyl (C=O) groups is 2. The third-order valence-corrected chi connectivity index (χ3v) is 3.25. The van der Waals surface area contributed by atoms with E-state index in [9.17, 15) is 9.59 Å². The fourth-order valence-electron chi connectivity index (χ4n) is 2.07. The first-order valence-corrected chi connectivity index (χ1v) is 6.86. The highest BCUT2D eigenvalue weighted by atomic mass is 16.3. The van der Waals surface area contributed by atoms with Crippen LogP contribution >= 0.6 is 0 Å². The highest BCUT2D eigenvalue weighted by Crippen LogP contribution is 2.21. The number of hydrogen-bond acceptors (Lipinski definition) is 3. The maximum atomic E-state index is 11.7. The fourth-order valence-corrected chi connectivity index (χ4v) is 2.07. The first-order chi connectivity index (χ1) is 9.45. The van der Waals surface area contributed by atoms with E-state index >= 15 is 0 Å². The van der Waals surface area contributed by atoms with Crippen LogP contribution in [0.1, 0.15) is 42.9 Å². The molecular formula is C14H21N3O3. The Morgan fingerprint density at radius 2 is 2.10 bits per heavy atom. The van der Waals surface area contributed by atoms with E-state index in [1.54, 1.807) is 0 Å². The van der Waals surface area contributed by atoms with Gasteiger partial charge in [0.1, 0.15) is 11.5 Å². The smallest absolute Gasteiger partial charge is 0.315 e. The molecule has 0 radical (unpaired) electrons. The molecule has 20 heavy (non-hydrogen) atoms. The van der Waals surface area contributed by atoms with Crippen LogP contribution in [0.5, 0.6) is 0 Å². The van der Waals surface area contributed by atoms with Crippen molar-refractivity contribution in [1.82, 2.24) is 16.0 Å². The van der Waals surface area contributed by atoms with E-state index < -0.39 is 0 Å². The van der Waals surface area contributed by atoms with Crippen molar-refractivity contribution in [2.24, 2.45) is 0 Å². The van der Waals surface area contributed by atoms with E-state index in [1.807, 2.05) is 26.8 Å². The normalized spacial score (nSPS) is 15.6. The first kappa shape index (κ1) is 14.4. The topological polar surface area (TPSA) is 83.4 Å². The number of rotatable bonds is 5. The van der Waals surface area contributed by atoms with Gasteiger partial charge < -0.3 is 20.4 Å². The average molecular weight is 279 g/mol. The molecule has 1 aromatic heterocycles. The van der Waals surface area contributed by atoms with Crippen LogP contribution in [0.4, 0.5) is 4.79 Å². The Balaban J connectivity index is 1.75. The standard InChI is InChI=1S/C14H21N3O3/c1-8-6-12(10(3)20-8)9(2)16-14(19)15-7-13(18)17-11-4-5-11/h6,9,11H,4-5,7H2,1-3H3,(H,17,18)(H2,15,16,19). The Kier molecular flexibility index (Phi) is 4.32. The number of hydrogen-bond donors (Lipinski definition) is 3. The zero-order valence-electron chi connectivity index (χ0n) is 12.1. The SMILES string of the molecule is Cc1cc(C(C)NC(=O)NCC(=O)NC2CC2)c(C)o1. The third-order valence-electron chi connectivity index (χ3n) is 3.25. The Hall–Kier alpha value is -1.98. The van der Waals surface area contributed by atoms with Crippen molar-refractivity contribution in [3.05, 3.63) is 23.2 Å². The Labute approximate surface area is 118 Å². The van der Waals surface area contributed by atoms with Crippen LogP contribution in [0.15, 0.2) is 10.5 Å². The monoisotopic (exact) mass is 279 g/mol. The van der Waals surface area contributed by atoms with Crippen LogP contribution < -0.4 is 16.0 Å². The summed E-state index contributed by atoms with van der Waals surface area (Å²) in [6.45, 7) is 5.60. The van der Waals surface area contributed by atoms with Gasteiger partial charge in [-0.1, -0.05) is 0 Å². The fraction of sp³-hybridized carbons (Fsp3) is 0.571. The molecular weight excluding hydrogens is 258 g/mol. The van der Waals surface area contributed by atoms with E-state index in [0.717, 1.165) is 29.9 Å². The van der Waals surface area contributed by atoms with Gasteiger partial charge in [-0.25, -0.2) is 4.79 Å². The zero-order chi connectivity index (χ0) is 14.7. The van der Waals surface area contributed by atoms with Gasteiger partial charge in [-0.2, -0.15) is 0 Å². The predicted octanol–water partition coefficient (Wildman–Crippen LogP) is 1.54. The molecule has 1 heterocycles. The van der Waals surface area contributed by atoms with Gasteiger partial charge in [0.25, 0.3) is 0 Å². The summed E-state index contributed by atoms with van der Waals surface area (Å²) in [4.78, 5) is 23.2. The van der Waals surface area contributed by atoms with Gasteiger partial charge in [0, 0.05) is 11.6 Å². The van der Waals surface area contributed by atoms with Gasteiger partial charge in [-0.05, 0) is 39.7 Å². The van der Waals surface area contributed by atoms with Gasteiger partial charge in [0.2, 0.25) is 5.91 Å². The maximum Gasteiger partial charge on any atom is 0.315 e. The molecule has 2 rings (SSSR count). The van der Waals surface area contributed by atoms with E-state index in [-0.39, 0.29) is 24.5 Å². The summed E-state index contributed by atoms with van der Waals surface area (Å²) in [7, 11) is 0. The molecule has 1 unspecified atom stereocenters. The van der Waals surface area contributed by atoms with Crippen LogP contribution in [-0.4, -0.2) is 24.5 Å². The molecule has 0 aromatic carbocycles. The lowest BCUT2D eigenvalue weighted by molar-refractivity contribution is -0.120. The van der Waals surface area contributed by atoms with Crippen molar-refractivity contribution < 1.29 is 14.0 Å². The highest BCUT2D eigenvalue weighted by Gasteiger charge is 2.23. The Morgan fingerprint density at radius 3 is 2.65 bits per heavy atom. The van der Waals surface area contributed by atoms with E-state index in [2.05, 4.69) is 16.0 Å². The molecule has 3 amide bonds. The van der Waals surface area contributed by atoms with Crippen molar-refractivity contribution >= 4 is 11.9 Å². The van der Waals surface area contributed by atoms with Crippen molar-refractivity contribution in [3.8, 4) is 0 Å². The molecule has 1 fully saturated rings. The largest absolute Gasteiger partial charge is 0.466 e. The molecule has 0 bridgehead atoms. The number of aryl methyl sites for hydroxylation is 2. The molecule has 110 valence electrons. The molecule has 0 aliphatic heterocycles. The second-order valence-corrected chi connectivity index (χ2v) is 5.26. The van der Waals surface area contributed by atoms with Crippen molar-refractivity contribution in [1.29, 1.82) is 0 Å². The summed E-state index contributed by atoms with van der Waals surface area (Å²) in [5.41, 5.74) is 0.945. The van der Waals surface area contributed by atoms with Gasteiger partial charge in [0.15, 0.2) is 0 Å². The van der Waals surface area contributed by atoms with Crippen molar-refractivity contribution in [3.63, 3.8) is 0 Å².